The summed E-state index contributed by atoms with van der Waals surface area (Å²) in [5, 5.41) is 3.19. The number of fused-ring (bicyclic) bond motifs is 1. The lowest BCUT2D eigenvalue weighted by Crippen LogP contribution is -2.49. The molecule has 0 atom stereocenters. The minimum absolute atomic E-state index is 0.0270. The Hall–Kier alpha value is -2.40. The van der Waals surface area contributed by atoms with Gasteiger partial charge in [0, 0.05) is 43.5 Å². The summed E-state index contributed by atoms with van der Waals surface area (Å²) >= 11 is 0. The number of aliphatic imine (C=N–C) groups is 1. The second-order valence-corrected chi connectivity index (χ2v) is 7.45. The van der Waals surface area contributed by atoms with E-state index in [-0.39, 0.29) is 5.54 Å². The van der Waals surface area contributed by atoms with Crippen LogP contribution in [-0.2, 0) is 19.4 Å². The van der Waals surface area contributed by atoms with Gasteiger partial charge in [-0.25, -0.2) is 0 Å². The summed E-state index contributed by atoms with van der Waals surface area (Å²) in [6.07, 6.45) is 3.75. The van der Waals surface area contributed by atoms with E-state index < -0.39 is 0 Å². The number of nitrogens with two attached hydrogens (primary N) is 1. The van der Waals surface area contributed by atoms with Crippen molar-refractivity contribution in [1.82, 2.24) is 15.2 Å². The van der Waals surface area contributed by atoms with E-state index in [0.29, 0.717) is 12.5 Å². The monoisotopic (exact) mass is 351 g/mol. The molecule has 0 spiro atoms. The standard InChI is InChI=1S/C21H29N5/c1-21(2,26-14-11-17-7-3-4-8-18(17)15-26)16-25-20(22)24-13-10-19-9-5-6-12-23-19/h3-9,12H,10-11,13-16H2,1-2H3,(H3,22,24,25). The normalized spacial score (nSPS) is 15.5. The molecule has 1 aromatic carbocycles. The molecule has 0 saturated carbocycles. The van der Waals surface area contributed by atoms with E-state index in [2.05, 4.69) is 58.3 Å². The quantitative estimate of drug-likeness (QED) is 0.619. The Labute approximate surface area is 156 Å². The summed E-state index contributed by atoms with van der Waals surface area (Å²) in [7, 11) is 0. The average molecular weight is 351 g/mol. The molecule has 1 aliphatic rings. The molecule has 3 N–H and O–H groups in total. The number of aromatic nitrogens is 1. The number of hydrogen-bond donors (Lipinski definition) is 2. The molecule has 0 unspecified atom stereocenters. The molecule has 2 aromatic rings. The lowest BCUT2D eigenvalue weighted by Gasteiger charge is -2.40. The number of nitrogens with one attached hydrogen (secondary N) is 1. The molecule has 0 saturated heterocycles. The van der Waals surface area contributed by atoms with Crippen LogP contribution in [0.1, 0.15) is 30.7 Å². The summed E-state index contributed by atoms with van der Waals surface area (Å²) in [5.74, 6) is 0.506. The highest BCUT2D eigenvalue weighted by atomic mass is 15.2. The van der Waals surface area contributed by atoms with Crippen LogP contribution in [-0.4, -0.2) is 41.0 Å². The van der Waals surface area contributed by atoms with Crippen LogP contribution in [0.15, 0.2) is 53.7 Å². The van der Waals surface area contributed by atoms with Crippen LogP contribution in [0.4, 0.5) is 0 Å². The molecule has 138 valence electrons. The molecule has 0 aliphatic carbocycles. The number of benzene rings is 1. The zero-order valence-electron chi connectivity index (χ0n) is 15.8. The number of guanidine groups is 1. The topological polar surface area (TPSA) is 66.5 Å². The van der Waals surface area contributed by atoms with Gasteiger partial charge < -0.3 is 11.1 Å². The van der Waals surface area contributed by atoms with Crippen LogP contribution in [0.2, 0.25) is 0 Å². The van der Waals surface area contributed by atoms with E-state index in [9.17, 15) is 0 Å². The summed E-state index contributed by atoms with van der Waals surface area (Å²) in [5.41, 5.74) is 9.98. The van der Waals surface area contributed by atoms with Gasteiger partial charge in [0.1, 0.15) is 0 Å². The number of nitrogens with zero attached hydrogens (tertiary/aromatic N) is 3. The van der Waals surface area contributed by atoms with Crippen LogP contribution in [0.5, 0.6) is 0 Å². The van der Waals surface area contributed by atoms with Crippen LogP contribution >= 0.6 is 0 Å². The van der Waals surface area contributed by atoms with Gasteiger partial charge >= 0.3 is 0 Å². The first-order valence-electron chi connectivity index (χ1n) is 9.30. The molecule has 26 heavy (non-hydrogen) atoms. The predicted molar refractivity (Wildman–Crippen MR) is 107 cm³/mol. The second-order valence-electron chi connectivity index (χ2n) is 7.45. The predicted octanol–water partition coefficient (Wildman–Crippen LogP) is 2.37. The summed E-state index contributed by atoms with van der Waals surface area (Å²) in [4.78, 5) is 11.4. The van der Waals surface area contributed by atoms with E-state index in [1.54, 1.807) is 0 Å². The smallest absolute Gasteiger partial charge is 0.188 e. The van der Waals surface area contributed by atoms with Gasteiger partial charge in [-0.15, -0.1) is 0 Å². The van der Waals surface area contributed by atoms with Crippen molar-refractivity contribution in [2.24, 2.45) is 10.7 Å². The lowest BCUT2D eigenvalue weighted by molar-refractivity contribution is 0.112. The van der Waals surface area contributed by atoms with Gasteiger partial charge in [0.05, 0.1) is 6.54 Å². The minimum atomic E-state index is -0.0270. The number of rotatable bonds is 6. The van der Waals surface area contributed by atoms with Crippen LogP contribution in [0, 0.1) is 0 Å². The van der Waals surface area contributed by atoms with Crippen LogP contribution < -0.4 is 11.1 Å². The van der Waals surface area contributed by atoms with Gasteiger partial charge in [0.15, 0.2) is 5.96 Å². The third-order valence-electron chi connectivity index (χ3n) is 5.04. The molecule has 0 radical (unpaired) electrons. The maximum atomic E-state index is 6.05. The molecule has 5 heteroatoms. The van der Waals surface area contributed by atoms with Crippen molar-refractivity contribution >= 4 is 5.96 Å². The zero-order chi connectivity index (χ0) is 18.4. The van der Waals surface area contributed by atoms with Crippen molar-refractivity contribution in [2.75, 3.05) is 19.6 Å². The van der Waals surface area contributed by atoms with Gasteiger partial charge in [-0.3, -0.25) is 14.9 Å². The molecule has 1 aliphatic heterocycles. The van der Waals surface area contributed by atoms with E-state index in [1.165, 1.54) is 11.1 Å². The van der Waals surface area contributed by atoms with Gasteiger partial charge in [-0.1, -0.05) is 30.3 Å². The van der Waals surface area contributed by atoms with E-state index in [0.717, 1.165) is 38.2 Å². The lowest BCUT2D eigenvalue weighted by atomic mass is 9.94. The minimum Gasteiger partial charge on any atom is -0.370 e. The van der Waals surface area contributed by atoms with E-state index in [1.807, 2.05) is 24.4 Å². The fourth-order valence-corrected chi connectivity index (χ4v) is 3.31. The van der Waals surface area contributed by atoms with Crippen molar-refractivity contribution in [3.8, 4) is 0 Å². The Kier molecular flexibility index (Phi) is 5.89. The Bertz CT molecular complexity index is 739. The van der Waals surface area contributed by atoms with Gasteiger partial charge in [-0.05, 0) is 43.5 Å². The molecule has 0 amide bonds. The Morgan fingerprint density at radius 1 is 1.19 bits per heavy atom. The molecule has 0 bridgehead atoms. The molecule has 1 aromatic heterocycles. The van der Waals surface area contributed by atoms with Crippen molar-refractivity contribution in [3.05, 3.63) is 65.5 Å². The Balaban J connectivity index is 1.50. The highest BCUT2D eigenvalue weighted by molar-refractivity contribution is 5.77. The largest absolute Gasteiger partial charge is 0.370 e. The third kappa shape index (κ3) is 4.82. The third-order valence-corrected chi connectivity index (χ3v) is 5.04. The van der Waals surface area contributed by atoms with Crippen molar-refractivity contribution in [2.45, 2.75) is 38.8 Å². The summed E-state index contributed by atoms with van der Waals surface area (Å²) in [6, 6.07) is 14.7. The Morgan fingerprint density at radius 3 is 2.73 bits per heavy atom. The number of hydrogen-bond acceptors (Lipinski definition) is 3. The summed E-state index contributed by atoms with van der Waals surface area (Å²) in [6.45, 7) is 7.94. The van der Waals surface area contributed by atoms with Crippen molar-refractivity contribution in [3.63, 3.8) is 0 Å². The average Bonchev–Trinajstić information content (AvgIpc) is 2.67. The van der Waals surface area contributed by atoms with Crippen LogP contribution in [0.25, 0.3) is 0 Å². The molecule has 3 rings (SSSR count). The van der Waals surface area contributed by atoms with Gasteiger partial charge in [0.2, 0.25) is 0 Å². The molecular weight excluding hydrogens is 322 g/mol. The molecule has 5 nitrogen and oxygen atoms in total. The maximum absolute atomic E-state index is 6.05. The number of pyridine rings is 1. The zero-order valence-corrected chi connectivity index (χ0v) is 15.8. The fourth-order valence-electron chi connectivity index (χ4n) is 3.31. The maximum Gasteiger partial charge on any atom is 0.188 e. The first-order chi connectivity index (χ1) is 12.5. The molecule has 0 fully saturated rings. The molecular formula is C21H29N5. The van der Waals surface area contributed by atoms with Crippen molar-refractivity contribution in [1.29, 1.82) is 0 Å². The first-order valence-corrected chi connectivity index (χ1v) is 9.30. The van der Waals surface area contributed by atoms with Crippen molar-refractivity contribution < 1.29 is 0 Å². The second kappa shape index (κ2) is 8.32. The van der Waals surface area contributed by atoms with E-state index >= 15 is 0 Å². The first kappa shape index (κ1) is 18.4. The van der Waals surface area contributed by atoms with Gasteiger partial charge in [0.25, 0.3) is 0 Å². The highest BCUT2D eigenvalue weighted by Gasteiger charge is 2.29. The SMILES string of the molecule is CC(C)(CN=C(N)NCCc1ccccn1)N1CCc2ccccc2C1. The highest BCUT2D eigenvalue weighted by Crippen LogP contribution is 2.25. The molecule has 2 heterocycles. The van der Waals surface area contributed by atoms with Crippen LogP contribution in [0.3, 0.4) is 0 Å². The van der Waals surface area contributed by atoms with E-state index in [4.69, 9.17) is 5.73 Å². The Morgan fingerprint density at radius 2 is 1.96 bits per heavy atom. The summed E-state index contributed by atoms with van der Waals surface area (Å²) < 4.78 is 0. The fraction of sp³-hybridized carbons (Fsp3) is 0.429. The van der Waals surface area contributed by atoms with Gasteiger partial charge in [-0.2, -0.15) is 0 Å².